The highest BCUT2D eigenvalue weighted by molar-refractivity contribution is 5.21. The predicted octanol–water partition coefficient (Wildman–Crippen LogP) is 4.41. The Morgan fingerprint density at radius 1 is 0.889 bits per heavy atom. The fourth-order valence-electron chi connectivity index (χ4n) is 4.87. The average molecular weight is 365 g/mol. The molecule has 2 aromatic carbocycles. The summed E-state index contributed by atoms with van der Waals surface area (Å²) in [6, 6.07) is 23.0. The van der Waals surface area contributed by atoms with Crippen molar-refractivity contribution < 1.29 is 4.74 Å². The number of hydrogen-bond acceptors (Lipinski definition) is 3. The second-order valence-corrected chi connectivity index (χ2v) is 7.93. The molecule has 0 radical (unpaired) electrons. The summed E-state index contributed by atoms with van der Waals surface area (Å²) >= 11 is 0. The normalized spacial score (nSPS) is 25.2. The van der Waals surface area contributed by atoms with Crippen LogP contribution in [0.5, 0.6) is 0 Å². The third-order valence-corrected chi connectivity index (χ3v) is 6.22. The zero-order valence-electron chi connectivity index (χ0n) is 16.2. The van der Waals surface area contributed by atoms with Crippen LogP contribution < -0.4 is 5.32 Å². The Hall–Kier alpha value is -1.68. The van der Waals surface area contributed by atoms with Crippen molar-refractivity contribution in [2.75, 3.05) is 26.3 Å². The van der Waals surface area contributed by atoms with Crippen molar-refractivity contribution in [3.8, 4) is 0 Å². The number of rotatable bonds is 6. The topological polar surface area (TPSA) is 24.5 Å². The molecule has 1 saturated heterocycles. The molecule has 2 aromatic rings. The Kier molecular flexibility index (Phi) is 6.57. The number of nitrogens with zero attached hydrogens (tertiary/aromatic N) is 1. The van der Waals surface area contributed by atoms with Crippen LogP contribution in [0.3, 0.4) is 0 Å². The summed E-state index contributed by atoms with van der Waals surface area (Å²) in [5.74, 6) is 0.656. The van der Waals surface area contributed by atoms with E-state index in [1.165, 1.54) is 36.8 Å². The number of morpholine rings is 1. The van der Waals surface area contributed by atoms with Gasteiger partial charge in [-0.15, -0.1) is 0 Å². The van der Waals surface area contributed by atoms with Crippen molar-refractivity contribution in [3.05, 3.63) is 71.8 Å². The van der Waals surface area contributed by atoms with Crippen molar-refractivity contribution >= 4 is 0 Å². The number of hydrogen-bond donors (Lipinski definition) is 1. The molecule has 3 atom stereocenters. The van der Waals surface area contributed by atoms with E-state index in [9.17, 15) is 0 Å². The van der Waals surface area contributed by atoms with Crippen LogP contribution in [0.2, 0.25) is 0 Å². The molecule has 3 nitrogen and oxygen atoms in total. The van der Waals surface area contributed by atoms with E-state index in [1.54, 1.807) is 0 Å². The molecule has 1 heterocycles. The van der Waals surface area contributed by atoms with E-state index in [0.29, 0.717) is 18.0 Å². The molecule has 144 valence electrons. The lowest BCUT2D eigenvalue weighted by Gasteiger charge is -2.44. The van der Waals surface area contributed by atoms with Crippen LogP contribution in [0.15, 0.2) is 60.7 Å². The fourth-order valence-corrected chi connectivity index (χ4v) is 4.87. The van der Waals surface area contributed by atoms with Crippen molar-refractivity contribution in [1.29, 1.82) is 0 Å². The summed E-state index contributed by atoms with van der Waals surface area (Å²) in [6.45, 7) is 4.77. The lowest BCUT2D eigenvalue weighted by Crippen LogP contribution is -2.48. The number of ether oxygens (including phenoxy) is 1. The first kappa shape index (κ1) is 18.7. The van der Waals surface area contributed by atoms with E-state index in [4.69, 9.17) is 4.74 Å². The molecule has 2 fully saturated rings. The van der Waals surface area contributed by atoms with E-state index >= 15 is 0 Å². The standard InChI is InChI=1S/C24H32N2O/c1-3-9-20(10-4-1)19-25-23-14-8-7-13-22(23)24(21-11-5-2-6-12-21)26-15-17-27-18-16-26/h1-6,9-12,22-25H,7-8,13-19H2. The van der Waals surface area contributed by atoms with Gasteiger partial charge in [-0.1, -0.05) is 73.5 Å². The van der Waals surface area contributed by atoms with Gasteiger partial charge in [-0.25, -0.2) is 0 Å². The molecule has 0 spiro atoms. The molecule has 1 saturated carbocycles. The summed E-state index contributed by atoms with van der Waals surface area (Å²) in [4.78, 5) is 2.67. The summed E-state index contributed by atoms with van der Waals surface area (Å²) in [5, 5.41) is 3.92. The van der Waals surface area contributed by atoms with Crippen molar-refractivity contribution in [1.82, 2.24) is 10.2 Å². The largest absolute Gasteiger partial charge is 0.379 e. The highest BCUT2D eigenvalue weighted by atomic mass is 16.5. The summed E-state index contributed by atoms with van der Waals surface area (Å²) in [5.41, 5.74) is 2.85. The molecule has 27 heavy (non-hydrogen) atoms. The van der Waals surface area contributed by atoms with E-state index in [0.717, 1.165) is 32.8 Å². The van der Waals surface area contributed by atoms with Gasteiger partial charge < -0.3 is 10.1 Å². The second-order valence-electron chi connectivity index (χ2n) is 7.93. The van der Waals surface area contributed by atoms with Gasteiger partial charge in [0.25, 0.3) is 0 Å². The molecule has 0 aromatic heterocycles. The lowest BCUT2D eigenvalue weighted by molar-refractivity contribution is -0.00881. The quantitative estimate of drug-likeness (QED) is 0.822. The van der Waals surface area contributed by atoms with Gasteiger partial charge in [-0.05, 0) is 29.9 Å². The van der Waals surface area contributed by atoms with Gasteiger partial charge in [-0.3, -0.25) is 4.90 Å². The van der Waals surface area contributed by atoms with E-state index in [1.807, 2.05) is 0 Å². The molecule has 1 aliphatic carbocycles. The van der Waals surface area contributed by atoms with Crippen LogP contribution in [-0.4, -0.2) is 37.2 Å². The van der Waals surface area contributed by atoms with Gasteiger partial charge >= 0.3 is 0 Å². The molecule has 4 rings (SSSR count). The molecule has 0 amide bonds. The van der Waals surface area contributed by atoms with Crippen LogP contribution in [0.4, 0.5) is 0 Å². The van der Waals surface area contributed by atoms with Crippen LogP contribution in [-0.2, 0) is 11.3 Å². The number of benzene rings is 2. The third kappa shape index (κ3) is 4.78. The highest BCUT2D eigenvalue weighted by Gasteiger charge is 2.36. The smallest absolute Gasteiger partial charge is 0.0594 e. The Labute approximate surface area is 163 Å². The minimum absolute atomic E-state index is 0.490. The van der Waals surface area contributed by atoms with Gasteiger partial charge in [-0.2, -0.15) is 0 Å². The van der Waals surface area contributed by atoms with Gasteiger partial charge in [0.1, 0.15) is 0 Å². The van der Waals surface area contributed by atoms with Gasteiger partial charge in [0.05, 0.1) is 13.2 Å². The third-order valence-electron chi connectivity index (χ3n) is 6.22. The number of nitrogens with one attached hydrogen (secondary N) is 1. The Balaban J connectivity index is 1.54. The Bertz CT molecular complexity index is 669. The first-order valence-electron chi connectivity index (χ1n) is 10.6. The van der Waals surface area contributed by atoms with Gasteiger partial charge in [0.15, 0.2) is 0 Å². The molecule has 3 unspecified atom stereocenters. The Morgan fingerprint density at radius 3 is 2.30 bits per heavy atom. The zero-order chi connectivity index (χ0) is 18.3. The molecule has 2 aliphatic rings. The predicted molar refractivity (Wildman–Crippen MR) is 111 cm³/mol. The first-order chi connectivity index (χ1) is 13.4. The van der Waals surface area contributed by atoms with E-state index < -0.39 is 0 Å². The fraction of sp³-hybridized carbons (Fsp3) is 0.500. The molecular weight excluding hydrogens is 332 g/mol. The summed E-state index contributed by atoms with van der Waals surface area (Å²) in [7, 11) is 0. The lowest BCUT2D eigenvalue weighted by atomic mass is 9.76. The van der Waals surface area contributed by atoms with E-state index in [-0.39, 0.29) is 0 Å². The van der Waals surface area contributed by atoms with Gasteiger partial charge in [0.2, 0.25) is 0 Å². The minimum Gasteiger partial charge on any atom is -0.379 e. The first-order valence-corrected chi connectivity index (χ1v) is 10.6. The van der Waals surface area contributed by atoms with Crippen LogP contribution in [0.1, 0.15) is 42.9 Å². The molecule has 1 aliphatic heterocycles. The average Bonchev–Trinajstić information content (AvgIpc) is 2.76. The molecule has 0 bridgehead atoms. The van der Waals surface area contributed by atoms with Crippen LogP contribution in [0.25, 0.3) is 0 Å². The molecule has 3 heteroatoms. The van der Waals surface area contributed by atoms with Gasteiger partial charge in [0, 0.05) is 31.7 Å². The highest BCUT2D eigenvalue weighted by Crippen LogP contribution is 2.39. The zero-order valence-corrected chi connectivity index (χ0v) is 16.2. The van der Waals surface area contributed by atoms with Crippen molar-refractivity contribution in [3.63, 3.8) is 0 Å². The maximum absolute atomic E-state index is 5.65. The second kappa shape index (κ2) is 9.50. The van der Waals surface area contributed by atoms with Crippen LogP contribution >= 0.6 is 0 Å². The maximum atomic E-state index is 5.65. The monoisotopic (exact) mass is 364 g/mol. The summed E-state index contributed by atoms with van der Waals surface area (Å²) in [6.07, 6.45) is 5.28. The maximum Gasteiger partial charge on any atom is 0.0594 e. The van der Waals surface area contributed by atoms with Crippen LogP contribution in [0, 0.1) is 5.92 Å². The van der Waals surface area contributed by atoms with E-state index in [2.05, 4.69) is 70.9 Å². The molecule has 1 N–H and O–H groups in total. The van der Waals surface area contributed by atoms with Crippen molar-refractivity contribution in [2.45, 2.75) is 44.3 Å². The Morgan fingerprint density at radius 2 is 1.56 bits per heavy atom. The summed E-state index contributed by atoms with van der Waals surface area (Å²) < 4.78 is 5.65. The molecular formula is C24H32N2O. The van der Waals surface area contributed by atoms with Crippen molar-refractivity contribution in [2.24, 2.45) is 5.92 Å². The minimum atomic E-state index is 0.490. The SMILES string of the molecule is c1ccc(CNC2CCCCC2C(c2ccccc2)N2CCOCC2)cc1.